The van der Waals surface area contributed by atoms with E-state index >= 15 is 0 Å². The molecule has 0 spiro atoms. The van der Waals surface area contributed by atoms with E-state index in [4.69, 9.17) is 12.2 Å². The van der Waals surface area contributed by atoms with Gasteiger partial charge in [0, 0.05) is 0 Å². The molecule has 2 heteroatoms. The van der Waals surface area contributed by atoms with Crippen LogP contribution in [0, 0.1) is 0 Å². The lowest BCUT2D eigenvalue weighted by Crippen LogP contribution is -1.97. The number of thioether (sulfide) groups is 1. The number of hydrogen-bond acceptors (Lipinski definition) is 2. The summed E-state index contributed by atoms with van der Waals surface area (Å²) in [6, 6.07) is 20.4. The zero-order chi connectivity index (χ0) is 12.8. The molecule has 0 heterocycles. The molecule has 0 aromatic heterocycles. The van der Waals surface area contributed by atoms with Crippen LogP contribution >= 0.6 is 24.0 Å². The largest absolute Gasteiger partial charge is 0.102 e. The molecule has 0 nitrogen and oxygen atoms in total. The maximum Gasteiger partial charge on any atom is 0.0787 e. The molecule has 0 bridgehead atoms. The Morgan fingerprint density at radius 3 is 2.11 bits per heavy atom. The Morgan fingerprint density at radius 2 is 1.56 bits per heavy atom. The Hall–Kier alpha value is -1.38. The average molecular weight is 270 g/mol. The van der Waals surface area contributed by atoms with E-state index in [0.717, 1.165) is 9.76 Å². The fourth-order valence-electron chi connectivity index (χ4n) is 1.65. The highest BCUT2D eigenvalue weighted by atomic mass is 32.2. The number of rotatable bonds is 4. The first-order valence-electron chi connectivity index (χ1n) is 5.75. The van der Waals surface area contributed by atoms with Crippen LogP contribution in [0.2, 0.25) is 0 Å². The molecule has 0 aliphatic carbocycles. The van der Waals surface area contributed by atoms with Gasteiger partial charge in [0.25, 0.3) is 0 Å². The molecule has 2 rings (SSSR count). The minimum atomic E-state index is 0.207. The normalized spacial score (nSPS) is 11.8. The summed E-state index contributed by atoms with van der Waals surface area (Å²) >= 11 is 7.14. The second-order valence-electron chi connectivity index (χ2n) is 3.84. The highest BCUT2D eigenvalue weighted by molar-refractivity contribution is 8.23. The molecule has 0 saturated heterocycles. The third kappa shape index (κ3) is 3.31. The first kappa shape index (κ1) is 13.1. The minimum Gasteiger partial charge on any atom is -0.102 e. The van der Waals surface area contributed by atoms with Crippen LogP contribution in [0.15, 0.2) is 73.3 Å². The Bertz CT molecular complexity index is 517. The number of thiocarbonyl (C=S) groups is 1. The van der Waals surface area contributed by atoms with Gasteiger partial charge in [0.05, 0.1) is 9.45 Å². The van der Waals surface area contributed by atoms with Gasteiger partial charge in [0.2, 0.25) is 0 Å². The summed E-state index contributed by atoms with van der Waals surface area (Å²) in [6.07, 6.45) is 1.94. The third-order valence-corrected chi connectivity index (χ3v) is 4.28. The van der Waals surface area contributed by atoms with Crippen molar-refractivity contribution in [2.75, 3.05) is 0 Å². The quantitative estimate of drug-likeness (QED) is 0.565. The molecule has 1 unspecified atom stereocenters. The van der Waals surface area contributed by atoms with Gasteiger partial charge in [-0.15, -0.1) is 18.3 Å². The Kier molecular flexibility index (Phi) is 4.73. The summed E-state index contributed by atoms with van der Waals surface area (Å²) in [6.45, 7) is 3.90. The topological polar surface area (TPSA) is 0 Å². The second kappa shape index (κ2) is 6.53. The van der Waals surface area contributed by atoms with Crippen LogP contribution in [0.4, 0.5) is 0 Å². The second-order valence-corrected chi connectivity index (χ2v) is 5.66. The van der Waals surface area contributed by atoms with E-state index in [9.17, 15) is 0 Å². The van der Waals surface area contributed by atoms with E-state index in [-0.39, 0.29) is 5.25 Å². The lowest BCUT2D eigenvalue weighted by atomic mass is 10.1. The standard InChI is InChI=1S/C16H14S2/c1-2-15(13-9-5-3-6-10-13)18-16(17)14-11-7-4-8-12-14/h2-12,15H,1H2. The van der Waals surface area contributed by atoms with Gasteiger partial charge in [0.15, 0.2) is 0 Å². The molecule has 0 N–H and O–H groups in total. The van der Waals surface area contributed by atoms with Crippen molar-refractivity contribution in [3.63, 3.8) is 0 Å². The zero-order valence-corrected chi connectivity index (χ0v) is 11.6. The highest BCUT2D eigenvalue weighted by Gasteiger charge is 2.11. The van der Waals surface area contributed by atoms with Gasteiger partial charge in [0.1, 0.15) is 0 Å². The molecule has 0 fully saturated rings. The smallest absolute Gasteiger partial charge is 0.0787 e. The zero-order valence-electron chi connectivity index (χ0n) is 9.95. The first-order chi connectivity index (χ1) is 8.81. The lowest BCUT2D eigenvalue weighted by molar-refractivity contribution is 1.24. The highest BCUT2D eigenvalue weighted by Crippen LogP contribution is 2.32. The predicted octanol–water partition coefficient (Wildman–Crippen LogP) is 5.02. The molecular formula is C16H14S2. The van der Waals surface area contributed by atoms with E-state index < -0.39 is 0 Å². The molecule has 0 radical (unpaired) electrons. The van der Waals surface area contributed by atoms with Crippen LogP contribution in [0.5, 0.6) is 0 Å². The fraction of sp³-hybridized carbons (Fsp3) is 0.0625. The van der Waals surface area contributed by atoms with E-state index in [2.05, 4.69) is 18.7 Å². The van der Waals surface area contributed by atoms with Crippen molar-refractivity contribution in [2.45, 2.75) is 5.25 Å². The van der Waals surface area contributed by atoms with Crippen molar-refractivity contribution in [3.05, 3.63) is 84.4 Å². The molecule has 2 aromatic rings. The summed E-state index contributed by atoms with van der Waals surface area (Å²) in [5.41, 5.74) is 2.33. The van der Waals surface area contributed by atoms with E-state index in [1.54, 1.807) is 11.8 Å². The van der Waals surface area contributed by atoms with Crippen molar-refractivity contribution >= 4 is 28.2 Å². The van der Waals surface area contributed by atoms with Crippen molar-refractivity contribution in [2.24, 2.45) is 0 Å². The van der Waals surface area contributed by atoms with Gasteiger partial charge in [-0.25, -0.2) is 0 Å². The number of hydrogen-bond donors (Lipinski definition) is 0. The van der Waals surface area contributed by atoms with Crippen LogP contribution < -0.4 is 0 Å². The van der Waals surface area contributed by atoms with Crippen LogP contribution in [-0.4, -0.2) is 4.20 Å². The van der Waals surface area contributed by atoms with Crippen LogP contribution in [0.25, 0.3) is 0 Å². The van der Waals surface area contributed by atoms with E-state index in [1.807, 2.05) is 54.6 Å². The van der Waals surface area contributed by atoms with E-state index in [1.165, 1.54) is 5.56 Å². The molecule has 0 saturated carbocycles. The van der Waals surface area contributed by atoms with Gasteiger partial charge >= 0.3 is 0 Å². The Balaban J connectivity index is 2.13. The summed E-state index contributed by atoms with van der Waals surface area (Å²) < 4.78 is 0.907. The molecule has 0 aliphatic rings. The number of benzene rings is 2. The van der Waals surface area contributed by atoms with Crippen molar-refractivity contribution in [3.8, 4) is 0 Å². The van der Waals surface area contributed by atoms with Gasteiger partial charge in [-0.05, 0) is 11.1 Å². The summed E-state index contributed by atoms with van der Waals surface area (Å²) in [5, 5.41) is 0.207. The monoisotopic (exact) mass is 270 g/mol. The van der Waals surface area contributed by atoms with Crippen molar-refractivity contribution in [1.82, 2.24) is 0 Å². The molecule has 18 heavy (non-hydrogen) atoms. The fourth-order valence-corrected chi connectivity index (χ4v) is 2.99. The maximum absolute atomic E-state index is 5.48. The summed E-state index contributed by atoms with van der Waals surface area (Å²) in [4.78, 5) is 0. The van der Waals surface area contributed by atoms with Gasteiger partial charge in [-0.1, -0.05) is 79.0 Å². The van der Waals surface area contributed by atoms with Crippen LogP contribution in [0.3, 0.4) is 0 Å². The van der Waals surface area contributed by atoms with Gasteiger partial charge < -0.3 is 0 Å². The molecule has 1 atom stereocenters. The summed E-state index contributed by atoms with van der Waals surface area (Å²) in [7, 11) is 0. The molecule has 90 valence electrons. The maximum atomic E-state index is 5.48. The molecule has 0 aliphatic heterocycles. The van der Waals surface area contributed by atoms with Crippen molar-refractivity contribution in [1.29, 1.82) is 0 Å². The SMILES string of the molecule is C=CC(SC(=S)c1ccccc1)c1ccccc1. The van der Waals surface area contributed by atoms with Gasteiger partial charge in [-0.3, -0.25) is 0 Å². The Morgan fingerprint density at radius 1 is 1.00 bits per heavy atom. The van der Waals surface area contributed by atoms with Crippen LogP contribution in [0.1, 0.15) is 16.4 Å². The lowest BCUT2D eigenvalue weighted by Gasteiger charge is -2.13. The average Bonchev–Trinajstić information content (AvgIpc) is 2.46. The summed E-state index contributed by atoms with van der Waals surface area (Å²) in [5.74, 6) is 0. The minimum absolute atomic E-state index is 0.207. The Labute approximate surface area is 118 Å². The third-order valence-electron chi connectivity index (χ3n) is 2.59. The van der Waals surface area contributed by atoms with Crippen molar-refractivity contribution < 1.29 is 0 Å². The van der Waals surface area contributed by atoms with E-state index in [0.29, 0.717) is 0 Å². The van der Waals surface area contributed by atoms with Crippen LogP contribution in [-0.2, 0) is 0 Å². The van der Waals surface area contributed by atoms with Gasteiger partial charge in [-0.2, -0.15) is 0 Å². The predicted molar refractivity (Wildman–Crippen MR) is 85.1 cm³/mol. The first-order valence-corrected chi connectivity index (χ1v) is 7.03. The molecular weight excluding hydrogens is 256 g/mol. The molecule has 0 amide bonds. The molecule has 2 aromatic carbocycles.